The molecule has 0 N–H and O–H groups in total. The Morgan fingerprint density at radius 2 is 2.14 bits per heavy atom. The second-order valence-electron chi connectivity index (χ2n) is 2.83. The van der Waals surface area contributed by atoms with Gasteiger partial charge >= 0.3 is 18.9 Å². The van der Waals surface area contributed by atoms with E-state index in [0.717, 1.165) is 25.2 Å². The minimum absolute atomic E-state index is 0. The number of benzene rings is 1. The maximum atomic E-state index is 5.22. The van der Waals surface area contributed by atoms with Gasteiger partial charge in [0.2, 0.25) is 0 Å². The molecule has 0 atom stereocenters. The Morgan fingerprint density at radius 3 is 2.79 bits per heavy atom. The smallest absolute Gasteiger partial charge is 0.522 e. The monoisotopic (exact) mass is 186 g/mol. The van der Waals surface area contributed by atoms with Gasteiger partial charge in [0.1, 0.15) is 0 Å². The molecule has 0 radical (unpaired) electrons. The Hall–Kier alpha value is -0.423. The van der Waals surface area contributed by atoms with Crippen LogP contribution in [0.5, 0.6) is 5.75 Å². The van der Waals surface area contributed by atoms with Crippen molar-refractivity contribution in [1.82, 2.24) is 0 Å². The Labute approximate surface area is 97.8 Å². The van der Waals surface area contributed by atoms with Crippen LogP contribution in [0.15, 0.2) is 18.2 Å². The van der Waals surface area contributed by atoms with Gasteiger partial charge < -0.3 is 9.47 Å². The molecular formula is C11H15LiO2. The van der Waals surface area contributed by atoms with Crippen LogP contribution >= 0.6 is 0 Å². The molecule has 3 heteroatoms. The summed E-state index contributed by atoms with van der Waals surface area (Å²) in [5, 5.41) is 0. The molecule has 0 saturated carbocycles. The van der Waals surface area contributed by atoms with Crippen LogP contribution in [-0.2, 0) is 11.2 Å². The number of aryl methyl sites for hydroxylation is 1. The average molecular weight is 186 g/mol. The Balaban J connectivity index is 0.00000169. The largest absolute Gasteiger partial charge is 1.00 e. The molecule has 1 aromatic carbocycles. The third-order valence-corrected chi connectivity index (χ3v) is 1.92. The standard InChI is InChI=1S/C11H15O2.Li/c1-12-9-5-7-10-6-3-4-8-11(10)13-2;/h4,6,8H,5,7,9H2,1-2H3;/q-1;+1. The quantitative estimate of drug-likeness (QED) is 0.336. The van der Waals surface area contributed by atoms with Gasteiger partial charge in [0.25, 0.3) is 0 Å². The number of hydrogen-bond acceptors (Lipinski definition) is 2. The van der Waals surface area contributed by atoms with Crippen molar-refractivity contribution in [3.05, 3.63) is 29.8 Å². The van der Waals surface area contributed by atoms with Gasteiger partial charge in [0, 0.05) is 19.5 Å². The van der Waals surface area contributed by atoms with Crippen LogP contribution in [0.1, 0.15) is 12.0 Å². The summed E-state index contributed by atoms with van der Waals surface area (Å²) < 4.78 is 10.2. The topological polar surface area (TPSA) is 18.5 Å². The zero-order valence-corrected chi connectivity index (χ0v) is 9.17. The zero-order valence-electron chi connectivity index (χ0n) is 9.17. The molecule has 0 aromatic heterocycles. The van der Waals surface area contributed by atoms with Crippen molar-refractivity contribution >= 4 is 0 Å². The fraction of sp³-hybridized carbons (Fsp3) is 0.455. The summed E-state index contributed by atoms with van der Waals surface area (Å²) in [5.41, 5.74) is 1.20. The van der Waals surface area contributed by atoms with Gasteiger partial charge in [0.15, 0.2) is 0 Å². The first-order valence-corrected chi connectivity index (χ1v) is 4.40. The van der Waals surface area contributed by atoms with E-state index in [-0.39, 0.29) is 18.9 Å². The first kappa shape index (κ1) is 13.6. The van der Waals surface area contributed by atoms with Gasteiger partial charge in [-0.15, -0.1) is 11.6 Å². The SMILES string of the molecule is COCCCc1c[c-]ccc1OC.[Li+]. The Morgan fingerprint density at radius 1 is 1.36 bits per heavy atom. The minimum atomic E-state index is 0. The molecule has 2 nitrogen and oxygen atoms in total. The molecular weight excluding hydrogens is 171 g/mol. The number of methoxy groups -OCH3 is 2. The van der Waals surface area contributed by atoms with Crippen molar-refractivity contribution in [3.63, 3.8) is 0 Å². The van der Waals surface area contributed by atoms with Gasteiger partial charge in [-0.2, -0.15) is 18.2 Å². The first-order valence-electron chi connectivity index (χ1n) is 4.40. The van der Waals surface area contributed by atoms with E-state index in [0.29, 0.717) is 0 Å². The summed E-state index contributed by atoms with van der Waals surface area (Å²) in [6, 6.07) is 8.80. The van der Waals surface area contributed by atoms with Crippen molar-refractivity contribution in [2.24, 2.45) is 0 Å². The van der Waals surface area contributed by atoms with Crippen molar-refractivity contribution in [3.8, 4) is 5.75 Å². The van der Waals surface area contributed by atoms with Crippen molar-refractivity contribution < 1.29 is 28.3 Å². The summed E-state index contributed by atoms with van der Waals surface area (Å²) in [7, 11) is 3.41. The zero-order chi connectivity index (χ0) is 9.52. The van der Waals surface area contributed by atoms with Crippen LogP contribution in [0.25, 0.3) is 0 Å². The van der Waals surface area contributed by atoms with E-state index in [4.69, 9.17) is 9.47 Å². The van der Waals surface area contributed by atoms with E-state index in [9.17, 15) is 0 Å². The molecule has 72 valence electrons. The normalized spacial score (nSPS) is 9.29. The molecule has 0 heterocycles. The van der Waals surface area contributed by atoms with Crippen LogP contribution in [-0.4, -0.2) is 20.8 Å². The summed E-state index contributed by atoms with van der Waals surface area (Å²) in [4.78, 5) is 0. The third-order valence-electron chi connectivity index (χ3n) is 1.92. The van der Waals surface area contributed by atoms with Crippen molar-refractivity contribution in [2.45, 2.75) is 12.8 Å². The molecule has 0 fully saturated rings. The van der Waals surface area contributed by atoms with E-state index in [1.807, 2.05) is 18.2 Å². The first-order chi connectivity index (χ1) is 6.38. The number of rotatable bonds is 5. The summed E-state index contributed by atoms with van der Waals surface area (Å²) >= 11 is 0. The molecule has 0 amide bonds. The fourth-order valence-electron chi connectivity index (χ4n) is 1.25. The van der Waals surface area contributed by atoms with Gasteiger partial charge in [-0.25, -0.2) is 0 Å². The molecule has 14 heavy (non-hydrogen) atoms. The van der Waals surface area contributed by atoms with Gasteiger partial charge in [-0.3, -0.25) is 0 Å². The van der Waals surface area contributed by atoms with Gasteiger partial charge in [-0.1, -0.05) is 6.42 Å². The summed E-state index contributed by atoms with van der Waals surface area (Å²) in [6.07, 6.45) is 2.00. The molecule has 0 saturated heterocycles. The third kappa shape index (κ3) is 4.19. The predicted octanol–water partition coefficient (Wildman–Crippen LogP) is -0.922. The number of hydrogen-bond donors (Lipinski definition) is 0. The van der Waals surface area contributed by atoms with Crippen LogP contribution in [0, 0.1) is 6.07 Å². The Bertz CT molecular complexity index is 251. The van der Waals surface area contributed by atoms with Gasteiger partial charge in [0.05, 0.1) is 7.11 Å². The Kier molecular flexibility index (Phi) is 7.69. The van der Waals surface area contributed by atoms with Crippen molar-refractivity contribution in [1.29, 1.82) is 0 Å². The van der Waals surface area contributed by atoms with E-state index < -0.39 is 0 Å². The van der Waals surface area contributed by atoms with E-state index in [1.165, 1.54) is 5.56 Å². The van der Waals surface area contributed by atoms with E-state index >= 15 is 0 Å². The molecule has 0 bridgehead atoms. The van der Waals surface area contributed by atoms with Crippen LogP contribution in [0.3, 0.4) is 0 Å². The second kappa shape index (κ2) is 7.93. The predicted molar refractivity (Wildman–Crippen MR) is 52.0 cm³/mol. The van der Waals surface area contributed by atoms with Gasteiger partial charge in [-0.05, 0) is 6.42 Å². The molecule has 0 aliphatic rings. The number of ether oxygens (including phenoxy) is 2. The molecule has 0 spiro atoms. The summed E-state index contributed by atoms with van der Waals surface area (Å²) in [5.74, 6) is 0.940. The summed E-state index contributed by atoms with van der Waals surface area (Å²) in [6.45, 7) is 0.790. The van der Waals surface area contributed by atoms with Crippen LogP contribution in [0.2, 0.25) is 0 Å². The second-order valence-corrected chi connectivity index (χ2v) is 2.83. The average Bonchev–Trinajstić information content (AvgIpc) is 2.19. The maximum absolute atomic E-state index is 5.22. The van der Waals surface area contributed by atoms with Crippen LogP contribution < -0.4 is 23.6 Å². The van der Waals surface area contributed by atoms with E-state index in [2.05, 4.69) is 6.07 Å². The molecule has 1 rings (SSSR count). The van der Waals surface area contributed by atoms with Crippen LogP contribution in [0.4, 0.5) is 0 Å². The molecule has 1 aromatic rings. The molecule has 0 unspecified atom stereocenters. The maximum Gasteiger partial charge on any atom is 1.00 e. The fourth-order valence-corrected chi connectivity index (χ4v) is 1.25. The van der Waals surface area contributed by atoms with Crippen molar-refractivity contribution in [2.75, 3.05) is 20.8 Å². The minimum Gasteiger partial charge on any atom is -0.522 e. The molecule has 0 aliphatic carbocycles. The molecule has 0 aliphatic heterocycles. The van der Waals surface area contributed by atoms with E-state index in [1.54, 1.807) is 14.2 Å².